The molecule has 5 rings (SSSR count). The number of hydrogen-bond donors (Lipinski definition) is 0. The largest absolute Gasteiger partial charge is 0.497 e. The van der Waals surface area contributed by atoms with Crippen molar-refractivity contribution in [2.24, 2.45) is 0 Å². The van der Waals surface area contributed by atoms with Crippen LogP contribution in [0.3, 0.4) is 0 Å². The summed E-state index contributed by atoms with van der Waals surface area (Å²) in [6.07, 6.45) is 0. The lowest BCUT2D eigenvalue weighted by Crippen LogP contribution is -2.46. The molecule has 1 amide bonds. The standard InChI is InChI=1S/C25H30N4O3/c1-26-10-12-27(13-11-26)24-23(25(30)28-14-16-32-17-15-28)21-8-3-4-9-22(21)29(24)19-6-5-7-20(18-19)31-2/h3-9,18H,10-17H2,1-2H3. The number of hydrogen-bond acceptors (Lipinski definition) is 5. The number of ether oxygens (including phenoxy) is 2. The summed E-state index contributed by atoms with van der Waals surface area (Å²) >= 11 is 0. The molecule has 3 aromatic rings. The van der Waals surface area contributed by atoms with Crippen molar-refractivity contribution in [3.05, 3.63) is 54.1 Å². The Bertz CT molecular complexity index is 1110. The van der Waals surface area contributed by atoms with E-state index in [4.69, 9.17) is 9.47 Å². The SMILES string of the molecule is COc1cccc(-n2c(N3CCN(C)CC3)c(C(=O)N3CCOCC3)c3ccccc32)c1. The van der Waals surface area contributed by atoms with Crippen molar-refractivity contribution in [1.82, 2.24) is 14.4 Å². The molecule has 0 bridgehead atoms. The number of anilines is 1. The molecule has 2 saturated heterocycles. The third-order valence-corrected chi connectivity index (χ3v) is 6.48. The predicted molar refractivity (Wildman–Crippen MR) is 126 cm³/mol. The Kier molecular flexibility index (Phi) is 5.76. The van der Waals surface area contributed by atoms with E-state index in [0.29, 0.717) is 26.3 Å². The fourth-order valence-electron chi connectivity index (χ4n) is 4.69. The molecule has 0 radical (unpaired) electrons. The summed E-state index contributed by atoms with van der Waals surface area (Å²) in [7, 11) is 3.83. The van der Waals surface area contributed by atoms with Gasteiger partial charge in [-0.15, -0.1) is 0 Å². The predicted octanol–water partition coefficient (Wildman–Crippen LogP) is 2.86. The Morgan fingerprint density at radius 2 is 1.69 bits per heavy atom. The van der Waals surface area contributed by atoms with E-state index in [1.165, 1.54) is 0 Å². The molecule has 1 aromatic heterocycles. The van der Waals surface area contributed by atoms with E-state index in [2.05, 4.69) is 39.6 Å². The minimum atomic E-state index is 0.0834. The molecule has 32 heavy (non-hydrogen) atoms. The highest BCUT2D eigenvalue weighted by Crippen LogP contribution is 2.38. The number of benzene rings is 2. The summed E-state index contributed by atoms with van der Waals surface area (Å²) in [4.78, 5) is 20.5. The van der Waals surface area contributed by atoms with Crippen molar-refractivity contribution >= 4 is 22.6 Å². The summed E-state index contributed by atoms with van der Waals surface area (Å²) in [5.41, 5.74) is 2.82. The van der Waals surface area contributed by atoms with E-state index < -0.39 is 0 Å². The number of carbonyl (C=O) groups excluding carboxylic acids is 1. The van der Waals surface area contributed by atoms with Gasteiger partial charge >= 0.3 is 0 Å². The molecule has 0 aliphatic carbocycles. The average Bonchev–Trinajstić information content (AvgIpc) is 3.20. The number of amides is 1. The number of rotatable bonds is 4. The number of likely N-dealkylation sites (N-methyl/N-ethyl adjacent to an activating group) is 1. The van der Waals surface area contributed by atoms with Gasteiger partial charge in [-0.05, 0) is 25.2 Å². The van der Waals surface area contributed by atoms with Gasteiger partial charge in [-0.3, -0.25) is 9.36 Å². The highest BCUT2D eigenvalue weighted by Gasteiger charge is 2.31. The Morgan fingerprint density at radius 1 is 0.938 bits per heavy atom. The highest BCUT2D eigenvalue weighted by atomic mass is 16.5. The molecule has 0 N–H and O–H groups in total. The van der Waals surface area contributed by atoms with Crippen LogP contribution in [0.5, 0.6) is 5.75 Å². The van der Waals surface area contributed by atoms with Gasteiger partial charge in [0.2, 0.25) is 0 Å². The van der Waals surface area contributed by atoms with E-state index >= 15 is 0 Å². The van der Waals surface area contributed by atoms with E-state index in [-0.39, 0.29) is 5.91 Å². The lowest BCUT2D eigenvalue weighted by atomic mass is 10.1. The Labute approximate surface area is 188 Å². The van der Waals surface area contributed by atoms with Crippen LogP contribution in [-0.4, -0.2) is 86.9 Å². The minimum absolute atomic E-state index is 0.0834. The molecule has 2 aliphatic heterocycles. The van der Waals surface area contributed by atoms with Gasteiger partial charge in [0.15, 0.2) is 0 Å². The third-order valence-electron chi connectivity index (χ3n) is 6.48. The second-order valence-electron chi connectivity index (χ2n) is 8.45. The summed E-state index contributed by atoms with van der Waals surface area (Å²) in [5.74, 6) is 1.86. The fraction of sp³-hybridized carbons (Fsp3) is 0.400. The van der Waals surface area contributed by atoms with Crippen molar-refractivity contribution in [3.63, 3.8) is 0 Å². The molecule has 3 heterocycles. The number of carbonyl (C=O) groups is 1. The van der Waals surface area contributed by atoms with Gasteiger partial charge in [0, 0.05) is 50.7 Å². The van der Waals surface area contributed by atoms with Gasteiger partial charge < -0.3 is 24.2 Å². The lowest BCUT2D eigenvalue weighted by molar-refractivity contribution is 0.0304. The Morgan fingerprint density at radius 3 is 2.44 bits per heavy atom. The first-order valence-electron chi connectivity index (χ1n) is 11.3. The van der Waals surface area contributed by atoms with Crippen molar-refractivity contribution in [2.75, 3.05) is 71.5 Å². The quantitative estimate of drug-likeness (QED) is 0.632. The molecule has 2 fully saturated rings. The molecule has 7 heteroatoms. The van der Waals surface area contributed by atoms with E-state index in [9.17, 15) is 4.79 Å². The van der Waals surface area contributed by atoms with Crippen LogP contribution < -0.4 is 9.64 Å². The van der Waals surface area contributed by atoms with Crippen LogP contribution >= 0.6 is 0 Å². The molecule has 2 aromatic carbocycles. The number of nitrogens with zero attached hydrogens (tertiary/aromatic N) is 4. The van der Waals surface area contributed by atoms with Crippen molar-refractivity contribution < 1.29 is 14.3 Å². The number of aromatic nitrogens is 1. The molecule has 0 saturated carbocycles. The van der Waals surface area contributed by atoms with Crippen LogP contribution in [0.4, 0.5) is 5.82 Å². The molecule has 7 nitrogen and oxygen atoms in total. The van der Waals surface area contributed by atoms with Gasteiger partial charge in [0.05, 0.1) is 37.1 Å². The van der Waals surface area contributed by atoms with Crippen LogP contribution in [-0.2, 0) is 4.74 Å². The normalized spacial score (nSPS) is 17.7. The molecule has 0 atom stereocenters. The molecule has 168 valence electrons. The van der Waals surface area contributed by atoms with Gasteiger partial charge in [-0.1, -0.05) is 24.3 Å². The first kappa shape index (κ1) is 20.8. The van der Waals surface area contributed by atoms with Crippen LogP contribution in [0, 0.1) is 0 Å². The van der Waals surface area contributed by atoms with Crippen LogP contribution in [0.15, 0.2) is 48.5 Å². The second-order valence-corrected chi connectivity index (χ2v) is 8.45. The molecule has 0 unspecified atom stereocenters. The average molecular weight is 435 g/mol. The molecular formula is C25H30N4O3. The zero-order valence-corrected chi connectivity index (χ0v) is 18.8. The molecular weight excluding hydrogens is 404 g/mol. The van der Waals surface area contributed by atoms with E-state index in [0.717, 1.165) is 59.9 Å². The summed E-state index contributed by atoms with van der Waals surface area (Å²) in [6, 6.07) is 16.3. The molecule has 0 spiro atoms. The monoisotopic (exact) mass is 434 g/mol. The van der Waals surface area contributed by atoms with Crippen LogP contribution in [0.2, 0.25) is 0 Å². The summed E-state index contributed by atoms with van der Waals surface area (Å²) in [6.45, 7) is 6.10. The number of morpholine rings is 1. The fourth-order valence-corrected chi connectivity index (χ4v) is 4.69. The maximum absolute atomic E-state index is 13.9. The van der Waals surface area contributed by atoms with Gasteiger partial charge in [-0.25, -0.2) is 0 Å². The first-order chi connectivity index (χ1) is 15.7. The number of piperazine rings is 1. The second kappa shape index (κ2) is 8.84. The van der Waals surface area contributed by atoms with Gasteiger partial charge in [-0.2, -0.15) is 0 Å². The first-order valence-corrected chi connectivity index (χ1v) is 11.3. The topological polar surface area (TPSA) is 50.2 Å². The van der Waals surface area contributed by atoms with Crippen molar-refractivity contribution in [2.45, 2.75) is 0 Å². The van der Waals surface area contributed by atoms with Gasteiger partial charge in [0.25, 0.3) is 5.91 Å². The summed E-state index contributed by atoms with van der Waals surface area (Å²) < 4.78 is 13.3. The minimum Gasteiger partial charge on any atom is -0.497 e. The maximum atomic E-state index is 13.9. The van der Waals surface area contributed by atoms with Crippen LogP contribution in [0.25, 0.3) is 16.6 Å². The smallest absolute Gasteiger partial charge is 0.258 e. The number of methoxy groups -OCH3 is 1. The van der Waals surface area contributed by atoms with Crippen molar-refractivity contribution in [3.8, 4) is 11.4 Å². The summed E-state index contributed by atoms with van der Waals surface area (Å²) in [5, 5.41) is 0.987. The van der Waals surface area contributed by atoms with Gasteiger partial charge in [0.1, 0.15) is 11.6 Å². The zero-order chi connectivity index (χ0) is 22.1. The van der Waals surface area contributed by atoms with Crippen molar-refractivity contribution in [1.29, 1.82) is 0 Å². The maximum Gasteiger partial charge on any atom is 0.258 e. The van der Waals surface area contributed by atoms with E-state index in [1.807, 2.05) is 35.2 Å². The zero-order valence-electron chi connectivity index (χ0n) is 18.8. The van der Waals surface area contributed by atoms with Crippen LogP contribution in [0.1, 0.15) is 10.4 Å². The number of para-hydroxylation sites is 1. The Hall–Kier alpha value is -3.03. The third kappa shape index (κ3) is 3.72. The Balaban J connectivity index is 1.74. The highest BCUT2D eigenvalue weighted by molar-refractivity contribution is 6.13. The number of fused-ring (bicyclic) bond motifs is 1. The van der Waals surface area contributed by atoms with E-state index in [1.54, 1.807) is 7.11 Å². The lowest BCUT2D eigenvalue weighted by Gasteiger charge is -2.36. The molecule has 2 aliphatic rings.